The number of nitrogens with one attached hydrogen (secondary N) is 2. The van der Waals surface area contributed by atoms with Crippen LogP contribution in [0, 0.1) is 6.92 Å². The van der Waals surface area contributed by atoms with E-state index < -0.39 is 0 Å². The molecule has 0 unspecified atom stereocenters. The molecule has 1 amide bonds. The van der Waals surface area contributed by atoms with E-state index in [-0.39, 0.29) is 5.91 Å². The van der Waals surface area contributed by atoms with Crippen LogP contribution in [-0.4, -0.2) is 30.3 Å². The van der Waals surface area contributed by atoms with Crippen molar-refractivity contribution in [3.63, 3.8) is 0 Å². The van der Waals surface area contributed by atoms with Crippen molar-refractivity contribution in [2.75, 3.05) is 24.8 Å². The summed E-state index contributed by atoms with van der Waals surface area (Å²) in [6.45, 7) is 1.90. The molecule has 0 radical (unpaired) electrons. The summed E-state index contributed by atoms with van der Waals surface area (Å²) in [7, 11) is 3.34. The zero-order valence-corrected chi connectivity index (χ0v) is 11.7. The Morgan fingerprint density at radius 3 is 2.74 bits per heavy atom. The highest BCUT2D eigenvalue weighted by Gasteiger charge is 2.13. The van der Waals surface area contributed by atoms with E-state index in [4.69, 9.17) is 4.74 Å². The molecule has 0 saturated carbocycles. The molecule has 100 valence electrons. The van der Waals surface area contributed by atoms with E-state index in [0.717, 1.165) is 17.0 Å². The predicted molar refractivity (Wildman–Crippen MR) is 75.1 cm³/mol. The standard InChI is InChI=1S/C12H14N4O2S/c1-7-6-8(18-3)4-5-9(7)14-10(17)11-15-16-12(13-2)19-11/h4-6H,1-3H3,(H,13,16)(H,14,17). The fourth-order valence-corrected chi connectivity index (χ4v) is 2.09. The molecule has 2 N–H and O–H groups in total. The van der Waals surface area contributed by atoms with Crippen LogP contribution in [0.4, 0.5) is 10.8 Å². The van der Waals surface area contributed by atoms with Gasteiger partial charge in [-0.25, -0.2) is 0 Å². The van der Waals surface area contributed by atoms with Crippen LogP contribution >= 0.6 is 11.3 Å². The molecular weight excluding hydrogens is 264 g/mol. The molecule has 0 fully saturated rings. The van der Waals surface area contributed by atoms with Crippen molar-refractivity contribution in [3.05, 3.63) is 28.8 Å². The number of benzene rings is 1. The van der Waals surface area contributed by atoms with Gasteiger partial charge in [0.15, 0.2) is 0 Å². The summed E-state index contributed by atoms with van der Waals surface area (Å²) in [6.07, 6.45) is 0. The lowest BCUT2D eigenvalue weighted by Gasteiger charge is -2.08. The molecule has 6 nitrogen and oxygen atoms in total. The maximum atomic E-state index is 12.0. The van der Waals surface area contributed by atoms with Gasteiger partial charge in [0, 0.05) is 12.7 Å². The SMILES string of the molecule is CNc1nnc(C(=O)Nc2ccc(OC)cc2C)s1. The van der Waals surface area contributed by atoms with Gasteiger partial charge in [-0.3, -0.25) is 4.79 Å². The Morgan fingerprint density at radius 1 is 1.37 bits per heavy atom. The van der Waals surface area contributed by atoms with Gasteiger partial charge in [0.25, 0.3) is 5.91 Å². The maximum absolute atomic E-state index is 12.0. The van der Waals surface area contributed by atoms with Crippen molar-refractivity contribution >= 4 is 28.1 Å². The van der Waals surface area contributed by atoms with Crippen molar-refractivity contribution in [3.8, 4) is 5.75 Å². The normalized spacial score (nSPS) is 10.1. The van der Waals surface area contributed by atoms with Crippen LogP contribution in [0.3, 0.4) is 0 Å². The average molecular weight is 278 g/mol. The summed E-state index contributed by atoms with van der Waals surface area (Å²) < 4.78 is 5.12. The van der Waals surface area contributed by atoms with Gasteiger partial charge in [0.1, 0.15) is 5.75 Å². The Morgan fingerprint density at radius 2 is 2.16 bits per heavy atom. The summed E-state index contributed by atoms with van der Waals surface area (Å²) in [5, 5.41) is 14.2. The summed E-state index contributed by atoms with van der Waals surface area (Å²) in [5.74, 6) is 0.483. The third-order valence-corrected chi connectivity index (χ3v) is 3.45. The Kier molecular flexibility index (Phi) is 3.96. The number of nitrogens with zero attached hydrogens (tertiary/aromatic N) is 2. The third kappa shape index (κ3) is 3.00. The molecule has 0 spiro atoms. The number of hydrogen-bond acceptors (Lipinski definition) is 6. The third-order valence-electron chi connectivity index (χ3n) is 2.51. The summed E-state index contributed by atoms with van der Waals surface area (Å²) >= 11 is 1.20. The number of hydrogen-bond donors (Lipinski definition) is 2. The second-order valence-electron chi connectivity index (χ2n) is 3.80. The quantitative estimate of drug-likeness (QED) is 0.896. The minimum absolute atomic E-state index is 0.271. The van der Waals surface area contributed by atoms with Gasteiger partial charge < -0.3 is 15.4 Å². The first-order valence-electron chi connectivity index (χ1n) is 5.61. The molecule has 0 aliphatic carbocycles. The minimum atomic E-state index is -0.271. The Labute approximate surface area is 114 Å². The Balaban J connectivity index is 2.14. The van der Waals surface area contributed by atoms with Crippen LogP contribution < -0.4 is 15.4 Å². The van der Waals surface area contributed by atoms with Crippen molar-refractivity contribution in [1.29, 1.82) is 0 Å². The lowest BCUT2D eigenvalue weighted by atomic mass is 10.2. The van der Waals surface area contributed by atoms with Gasteiger partial charge in [-0.1, -0.05) is 11.3 Å². The summed E-state index contributed by atoms with van der Waals surface area (Å²) in [4.78, 5) is 12.0. The van der Waals surface area contributed by atoms with Gasteiger partial charge in [0.05, 0.1) is 7.11 Å². The highest BCUT2D eigenvalue weighted by atomic mass is 32.1. The first-order chi connectivity index (χ1) is 9.13. The molecule has 0 saturated heterocycles. The van der Waals surface area contributed by atoms with E-state index in [2.05, 4.69) is 20.8 Å². The number of aryl methyl sites for hydroxylation is 1. The lowest BCUT2D eigenvalue weighted by Crippen LogP contribution is -2.12. The Bertz CT molecular complexity index is 597. The van der Waals surface area contributed by atoms with E-state index in [1.165, 1.54) is 11.3 Å². The number of carbonyl (C=O) groups is 1. The second-order valence-corrected chi connectivity index (χ2v) is 4.77. The molecule has 2 aromatic rings. The summed E-state index contributed by atoms with van der Waals surface area (Å²) in [6, 6.07) is 5.45. The molecule has 7 heteroatoms. The molecule has 0 aliphatic heterocycles. The average Bonchev–Trinajstić information content (AvgIpc) is 2.90. The highest BCUT2D eigenvalue weighted by molar-refractivity contribution is 7.17. The molecule has 19 heavy (non-hydrogen) atoms. The summed E-state index contributed by atoms with van der Waals surface area (Å²) in [5.41, 5.74) is 1.65. The molecule has 0 atom stereocenters. The van der Waals surface area contributed by atoms with Crippen molar-refractivity contribution in [2.45, 2.75) is 6.92 Å². The van der Waals surface area contributed by atoms with Crippen molar-refractivity contribution in [2.24, 2.45) is 0 Å². The number of aromatic nitrogens is 2. The first-order valence-corrected chi connectivity index (χ1v) is 6.43. The van der Waals surface area contributed by atoms with Gasteiger partial charge in [-0.15, -0.1) is 10.2 Å². The van der Waals surface area contributed by atoms with E-state index in [1.807, 2.05) is 13.0 Å². The Hall–Kier alpha value is -2.15. The van der Waals surface area contributed by atoms with Crippen LogP contribution in [0.2, 0.25) is 0 Å². The van der Waals surface area contributed by atoms with Crippen LogP contribution in [0.1, 0.15) is 15.4 Å². The van der Waals surface area contributed by atoms with E-state index >= 15 is 0 Å². The van der Waals surface area contributed by atoms with Crippen molar-refractivity contribution < 1.29 is 9.53 Å². The maximum Gasteiger partial charge on any atom is 0.286 e. The van der Waals surface area contributed by atoms with Crippen LogP contribution in [-0.2, 0) is 0 Å². The lowest BCUT2D eigenvalue weighted by molar-refractivity contribution is 0.102. The molecule has 1 aromatic heterocycles. The zero-order valence-electron chi connectivity index (χ0n) is 10.9. The first kappa shape index (κ1) is 13.3. The molecule has 1 aromatic carbocycles. The van der Waals surface area contributed by atoms with Crippen molar-refractivity contribution in [1.82, 2.24) is 10.2 Å². The highest BCUT2D eigenvalue weighted by Crippen LogP contribution is 2.22. The monoisotopic (exact) mass is 278 g/mol. The largest absolute Gasteiger partial charge is 0.497 e. The number of amides is 1. The van der Waals surface area contributed by atoms with Gasteiger partial charge >= 0.3 is 0 Å². The minimum Gasteiger partial charge on any atom is -0.497 e. The van der Waals surface area contributed by atoms with E-state index in [0.29, 0.717) is 10.1 Å². The fraction of sp³-hybridized carbons (Fsp3) is 0.250. The fourth-order valence-electron chi connectivity index (χ4n) is 1.50. The van der Waals surface area contributed by atoms with Gasteiger partial charge in [0.2, 0.25) is 10.1 Å². The number of ether oxygens (including phenoxy) is 1. The van der Waals surface area contributed by atoms with E-state index in [1.54, 1.807) is 26.3 Å². The van der Waals surface area contributed by atoms with Crippen LogP contribution in [0.25, 0.3) is 0 Å². The second kappa shape index (κ2) is 5.66. The number of carbonyl (C=O) groups excluding carboxylic acids is 1. The number of anilines is 2. The van der Waals surface area contributed by atoms with Crippen LogP contribution in [0.5, 0.6) is 5.75 Å². The molecule has 1 heterocycles. The molecular formula is C12H14N4O2S. The van der Waals surface area contributed by atoms with Gasteiger partial charge in [-0.05, 0) is 30.7 Å². The smallest absolute Gasteiger partial charge is 0.286 e. The van der Waals surface area contributed by atoms with E-state index in [9.17, 15) is 4.79 Å². The predicted octanol–water partition coefficient (Wildman–Crippen LogP) is 2.15. The zero-order chi connectivity index (χ0) is 13.8. The topological polar surface area (TPSA) is 76.1 Å². The van der Waals surface area contributed by atoms with Gasteiger partial charge in [-0.2, -0.15) is 0 Å². The number of rotatable bonds is 4. The molecule has 0 bridgehead atoms. The van der Waals surface area contributed by atoms with Crippen LogP contribution in [0.15, 0.2) is 18.2 Å². The molecule has 0 aliphatic rings. The molecule has 2 rings (SSSR count). The number of methoxy groups -OCH3 is 1.